The number of nitrogens with one attached hydrogen (secondary N) is 1. The molecule has 0 aliphatic rings. The Labute approximate surface area is 124 Å². The molecule has 0 saturated carbocycles. The predicted molar refractivity (Wildman–Crippen MR) is 82.3 cm³/mol. The molecule has 2 rings (SSSR count). The van der Waals surface area contributed by atoms with Crippen molar-refractivity contribution in [1.82, 2.24) is 15.5 Å². The summed E-state index contributed by atoms with van der Waals surface area (Å²) in [5.41, 5.74) is 2.64. The van der Waals surface area contributed by atoms with Gasteiger partial charge in [0, 0.05) is 33.0 Å². The first-order valence-corrected chi connectivity index (χ1v) is 7.66. The summed E-state index contributed by atoms with van der Waals surface area (Å²) in [6, 6.07) is 8.43. The van der Waals surface area contributed by atoms with Crippen LogP contribution < -0.4 is 5.32 Å². The lowest BCUT2D eigenvalue weighted by Crippen LogP contribution is -2.21. The van der Waals surface area contributed by atoms with Crippen LogP contribution in [0.15, 0.2) is 24.3 Å². The molecule has 5 heteroatoms. The number of methoxy groups -OCH3 is 1. The fourth-order valence-corrected chi connectivity index (χ4v) is 2.79. The monoisotopic (exact) mass is 291 g/mol. The Bertz CT molecular complexity index is 527. The third-order valence-corrected chi connectivity index (χ3v) is 4.09. The van der Waals surface area contributed by atoms with Crippen LogP contribution in [0.5, 0.6) is 0 Å². The van der Waals surface area contributed by atoms with E-state index in [-0.39, 0.29) is 0 Å². The van der Waals surface area contributed by atoms with Crippen LogP contribution in [0.1, 0.15) is 21.1 Å². The standard InChI is InChI=1S/C15H21N3OS/c1-12-5-3-4-6-13(12)11-15-18-17-14(20-15)7-8-16-9-10-19-2/h3-6,16H,7-11H2,1-2H3. The maximum Gasteiger partial charge on any atom is 0.121 e. The fraction of sp³-hybridized carbons (Fsp3) is 0.467. The second kappa shape index (κ2) is 8.09. The zero-order valence-corrected chi connectivity index (χ0v) is 12.9. The summed E-state index contributed by atoms with van der Waals surface area (Å²) in [5.74, 6) is 0. The van der Waals surface area contributed by atoms with Crippen molar-refractivity contribution in [2.45, 2.75) is 19.8 Å². The Morgan fingerprint density at radius 3 is 2.75 bits per heavy atom. The molecule has 0 fully saturated rings. The maximum atomic E-state index is 4.99. The minimum atomic E-state index is 0.745. The molecule has 20 heavy (non-hydrogen) atoms. The molecule has 0 aliphatic heterocycles. The number of hydrogen-bond acceptors (Lipinski definition) is 5. The third-order valence-electron chi connectivity index (χ3n) is 3.11. The van der Waals surface area contributed by atoms with Crippen molar-refractivity contribution in [3.63, 3.8) is 0 Å². The summed E-state index contributed by atoms with van der Waals surface area (Å²) in [6.45, 7) is 4.68. The molecule has 1 heterocycles. The summed E-state index contributed by atoms with van der Waals surface area (Å²) in [6.07, 6.45) is 1.80. The smallest absolute Gasteiger partial charge is 0.121 e. The molecule has 0 amide bonds. The molecule has 0 aliphatic carbocycles. The minimum Gasteiger partial charge on any atom is -0.383 e. The lowest BCUT2D eigenvalue weighted by molar-refractivity contribution is 0.199. The van der Waals surface area contributed by atoms with Gasteiger partial charge in [-0.2, -0.15) is 0 Å². The van der Waals surface area contributed by atoms with Gasteiger partial charge in [0.25, 0.3) is 0 Å². The van der Waals surface area contributed by atoms with E-state index in [2.05, 4.69) is 46.7 Å². The largest absolute Gasteiger partial charge is 0.383 e. The highest BCUT2D eigenvalue weighted by molar-refractivity contribution is 7.11. The van der Waals surface area contributed by atoms with Gasteiger partial charge in [0.15, 0.2) is 0 Å². The summed E-state index contributed by atoms with van der Waals surface area (Å²) < 4.78 is 4.99. The van der Waals surface area contributed by atoms with E-state index in [4.69, 9.17) is 4.74 Å². The van der Waals surface area contributed by atoms with Crippen molar-refractivity contribution in [3.05, 3.63) is 45.4 Å². The first-order chi connectivity index (χ1) is 9.79. The number of ether oxygens (including phenoxy) is 1. The van der Waals surface area contributed by atoms with Gasteiger partial charge in [-0.1, -0.05) is 24.3 Å². The summed E-state index contributed by atoms with van der Waals surface area (Å²) in [4.78, 5) is 0. The highest BCUT2D eigenvalue weighted by Gasteiger charge is 2.06. The lowest BCUT2D eigenvalue weighted by atomic mass is 10.1. The average molecular weight is 291 g/mol. The van der Waals surface area contributed by atoms with Crippen molar-refractivity contribution in [3.8, 4) is 0 Å². The maximum absolute atomic E-state index is 4.99. The number of hydrogen-bond donors (Lipinski definition) is 1. The Morgan fingerprint density at radius 2 is 1.95 bits per heavy atom. The van der Waals surface area contributed by atoms with Crippen molar-refractivity contribution in [2.75, 3.05) is 26.8 Å². The van der Waals surface area contributed by atoms with Gasteiger partial charge in [0.05, 0.1) is 6.61 Å². The van der Waals surface area contributed by atoms with Gasteiger partial charge in [0.1, 0.15) is 10.0 Å². The van der Waals surface area contributed by atoms with E-state index in [0.717, 1.165) is 42.6 Å². The van der Waals surface area contributed by atoms with Crippen LogP contribution in [0.4, 0.5) is 0 Å². The third kappa shape index (κ3) is 4.67. The first kappa shape index (κ1) is 15.1. The number of aryl methyl sites for hydroxylation is 1. The highest BCUT2D eigenvalue weighted by Crippen LogP contribution is 2.17. The minimum absolute atomic E-state index is 0.745. The molecule has 0 spiro atoms. The Kier molecular flexibility index (Phi) is 6.11. The normalized spacial score (nSPS) is 10.9. The molecule has 0 atom stereocenters. The van der Waals surface area contributed by atoms with Crippen LogP contribution in [0, 0.1) is 6.92 Å². The van der Waals surface area contributed by atoms with E-state index in [0.29, 0.717) is 0 Å². The molecular weight excluding hydrogens is 270 g/mol. The number of benzene rings is 1. The molecule has 0 bridgehead atoms. The Morgan fingerprint density at radius 1 is 1.15 bits per heavy atom. The molecule has 1 aromatic carbocycles. The van der Waals surface area contributed by atoms with Crippen molar-refractivity contribution >= 4 is 11.3 Å². The number of nitrogens with zero attached hydrogens (tertiary/aromatic N) is 2. The predicted octanol–water partition coefficient (Wildman–Crippen LogP) is 2.22. The van der Waals surface area contributed by atoms with Crippen LogP contribution in [0.3, 0.4) is 0 Å². The number of aromatic nitrogens is 2. The zero-order valence-electron chi connectivity index (χ0n) is 12.1. The average Bonchev–Trinajstić information content (AvgIpc) is 2.89. The SMILES string of the molecule is COCCNCCc1nnc(Cc2ccccc2C)s1. The van der Waals surface area contributed by atoms with Crippen molar-refractivity contribution in [2.24, 2.45) is 0 Å². The Hall–Kier alpha value is -1.30. The molecule has 0 unspecified atom stereocenters. The molecule has 0 radical (unpaired) electrons. The molecular formula is C15H21N3OS. The second-order valence-electron chi connectivity index (χ2n) is 4.69. The quantitative estimate of drug-likeness (QED) is 0.758. The van der Waals surface area contributed by atoms with E-state index in [1.165, 1.54) is 11.1 Å². The summed E-state index contributed by atoms with van der Waals surface area (Å²) >= 11 is 1.71. The highest BCUT2D eigenvalue weighted by atomic mass is 32.1. The topological polar surface area (TPSA) is 47.0 Å². The van der Waals surface area contributed by atoms with Crippen LogP contribution in [-0.4, -0.2) is 37.0 Å². The Balaban J connectivity index is 1.82. The van der Waals surface area contributed by atoms with Crippen LogP contribution in [0.25, 0.3) is 0 Å². The van der Waals surface area contributed by atoms with Gasteiger partial charge in [-0.05, 0) is 18.1 Å². The lowest BCUT2D eigenvalue weighted by Gasteiger charge is -2.02. The van der Waals surface area contributed by atoms with Gasteiger partial charge in [-0.15, -0.1) is 21.5 Å². The molecule has 4 nitrogen and oxygen atoms in total. The molecule has 108 valence electrons. The molecule has 0 saturated heterocycles. The first-order valence-electron chi connectivity index (χ1n) is 6.85. The van der Waals surface area contributed by atoms with Gasteiger partial charge in [-0.3, -0.25) is 0 Å². The van der Waals surface area contributed by atoms with Crippen molar-refractivity contribution in [1.29, 1.82) is 0 Å². The van der Waals surface area contributed by atoms with Gasteiger partial charge in [0.2, 0.25) is 0 Å². The van der Waals surface area contributed by atoms with E-state index >= 15 is 0 Å². The van der Waals surface area contributed by atoms with Crippen LogP contribution in [-0.2, 0) is 17.6 Å². The van der Waals surface area contributed by atoms with E-state index < -0.39 is 0 Å². The van der Waals surface area contributed by atoms with Gasteiger partial charge < -0.3 is 10.1 Å². The summed E-state index contributed by atoms with van der Waals surface area (Å²) in [5, 5.41) is 14.0. The van der Waals surface area contributed by atoms with Gasteiger partial charge in [-0.25, -0.2) is 0 Å². The number of rotatable bonds is 8. The molecule has 1 aromatic heterocycles. The molecule has 1 N–H and O–H groups in total. The van der Waals surface area contributed by atoms with Gasteiger partial charge >= 0.3 is 0 Å². The van der Waals surface area contributed by atoms with E-state index in [1.54, 1.807) is 18.4 Å². The van der Waals surface area contributed by atoms with Crippen molar-refractivity contribution < 1.29 is 4.74 Å². The zero-order chi connectivity index (χ0) is 14.2. The molecule has 2 aromatic rings. The van der Waals surface area contributed by atoms with Crippen LogP contribution >= 0.6 is 11.3 Å². The second-order valence-corrected chi connectivity index (χ2v) is 5.83. The summed E-state index contributed by atoms with van der Waals surface area (Å²) in [7, 11) is 1.71. The van der Waals surface area contributed by atoms with E-state index in [1.807, 2.05) is 0 Å². The fourth-order valence-electron chi connectivity index (χ4n) is 1.93. The van der Waals surface area contributed by atoms with Crippen LogP contribution in [0.2, 0.25) is 0 Å². The van der Waals surface area contributed by atoms with E-state index in [9.17, 15) is 0 Å².